The number of pyridine rings is 1. The molecular weight excluding hydrogens is 242 g/mol. The van der Waals surface area contributed by atoms with Gasteiger partial charge in [-0.05, 0) is 13.1 Å². The molecule has 1 aliphatic rings. The Labute approximate surface area is 113 Å². The van der Waals surface area contributed by atoms with E-state index in [9.17, 15) is 5.11 Å². The number of rotatable bonds is 4. The fourth-order valence-corrected chi connectivity index (χ4v) is 2.43. The van der Waals surface area contributed by atoms with Crippen LogP contribution in [0.1, 0.15) is 24.1 Å². The van der Waals surface area contributed by atoms with Crippen molar-refractivity contribution >= 4 is 0 Å². The maximum Gasteiger partial charge on any atom is 0.144 e. The highest BCUT2D eigenvalue weighted by molar-refractivity contribution is 5.30. The zero-order valence-corrected chi connectivity index (χ0v) is 11.2. The summed E-state index contributed by atoms with van der Waals surface area (Å²) in [5, 5.41) is 19.5. The number of aliphatic hydroxyl groups is 1. The van der Waals surface area contributed by atoms with Gasteiger partial charge in [-0.2, -0.15) is 5.26 Å². The van der Waals surface area contributed by atoms with Crippen LogP contribution < -0.4 is 0 Å². The van der Waals surface area contributed by atoms with Crippen molar-refractivity contribution in [3.63, 3.8) is 0 Å². The lowest BCUT2D eigenvalue weighted by molar-refractivity contribution is -0.0777. The van der Waals surface area contributed by atoms with Crippen molar-refractivity contribution in [2.75, 3.05) is 26.8 Å². The number of ether oxygens (including phenoxy) is 1. The van der Waals surface area contributed by atoms with Crippen LogP contribution in [0.4, 0.5) is 0 Å². The maximum atomic E-state index is 10.4. The first kappa shape index (κ1) is 13.9. The lowest BCUT2D eigenvalue weighted by Gasteiger charge is -2.35. The average Bonchev–Trinajstić information content (AvgIpc) is 2.39. The van der Waals surface area contributed by atoms with Gasteiger partial charge in [0, 0.05) is 50.9 Å². The molecule has 0 radical (unpaired) electrons. The quantitative estimate of drug-likeness (QED) is 0.873. The van der Waals surface area contributed by atoms with Gasteiger partial charge in [-0.15, -0.1) is 0 Å². The minimum absolute atomic E-state index is 0.452. The van der Waals surface area contributed by atoms with Gasteiger partial charge in [0.25, 0.3) is 0 Å². The molecule has 0 aliphatic carbocycles. The highest BCUT2D eigenvalue weighted by Crippen LogP contribution is 2.22. The smallest absolute Gasteiger partial charge is 0.144 e. The Morgan fingerprint density at radius 2 is 2.26 bits per heavy atom. The molecule has 102 valence electrons. The van der Waals surface area contributed by atoms with Gasteiger partial charge in [0.05, 0.1) is 5.60 Å². The molecule has 0 unspecified atom stereocenters. The minimum Gasteiger partial charge on any atom is -0.388 e. The van der Waals surface area contributed by atoms with Crippen molar-refractivity contribution in [2.24, 2.45) is 0 Å². The van der Waals surface area contributed by atoms with Crippen LogP contribution in [0, 0.1) is 11.3 Å². The van der Waals surface area contributed by atoms with E-state index in [-0.39, 0.29) is 0 Å². The van der Waals surface area contributed by atoms with Crippen molar-refractivity contribution in [2.45, 2.75) is 25.0 Å². The summed E-state index contributed by atoms with van der Waals surface area (Å²) in [6.45, 7) is 2.41. The molecule has 2 rings (SSSR count). The Morgan fingerprint density at radius 1 is 1.53 bits per heavy atom. The predicted octanol–water partition coefficient (Wildman–Crippen LogP) is 0.927. The van der Waals surface area contributed by atoms with Crippen molar-refractivity contribution in [3.8, 4) is 6.07 Å². The molecule has 1 fully saturated rings. The highest BCUT2D eigenvalue weighted by atomic mass is 16.5. The third-order valence-electron chi connectivity index (χ3n) is 3.43. The fraction of sp³-hybridized carbons (Fsp3) is 0.571. The number of nitriles is 1. The van der Waals surface area contributed by atoms with Crippen LogP contribution in [-0.2, 0) is 11.3 Å². The van der Waals surface area contributed by atoms with Crippen LogP contribution in [0.2, 0.25) is 0 Å². The van der Waals surface area contributed by atoms with Crippen molar-refractivity contribution in [1.29, 1.82) is 5.26 Å². The molecule has 5 nitrogen and oxygen atoms in total. The highest BCUT2D eigenvalue weighted by Gasteiger charge is 2.31. The molecule has 0 aromatic carbocycles. The number of hydrogen-bond donors (Lipinski definition) is 1. The van der Waals surface area contributed by atoms with Crippen molar-refractivity contribution in [1.82, 2.24) is 9.88 Å². The molecule has 0 atom stereocenters. The molecule has 19 heavy (non-hydrogen) atoms. The monoisotopic (exact) mass is 261 g/mol. The van der Waals surface area contributed by atoms with E-state index in [1.807, 2.05) is 24.1 Å². The third-order valence-corrected chi connectivity index (χ3v) is 3.43. The van der Waals surface area contributed by atoms with Crippen LogP contribution >= 0.6 is 0 Å². The molecule has 2 heterocycles. The van der Waals surface area contributed by atoms with E-state index < -0.39 is 5.60 Å². The molecule has 0 spiro atoms. The van der Waals surface area contributed by atoms with E-state index in [0.29, 0.717) is 44.8 Å². The molecule has 1 saturated heterocycles. The number of aromatic nitrogens is 1. The number of likely N-dealkylation sites (N-methyl/N-ethyl adjacent to an activating group) is 1. The van der Waals surface area contributed by atoms with Gasteiger partial charge in [-0.3, -0.25) is 4.90 Å². The maximum absolute atomic E-state index is 10.4. The van der Waals surface area contributed by atoms with E-state index in [0.717, 1.165) is 5.56 Å². The average molecular weight is 261 g/mol. The predicted molar refractivity (Wildman–Crippen MR) is 70.3 cm³/mol. The number of nitrogens with zero attached hydrogens (tertiary/aromatic N) is 3. The Kier molecular flexibility index (Phi) is 4.48. The van der Waals surface area contributed by atoms with Crippen LogP contribution in [-0.4, -0.2) is 47.4 Å². The first-order valence-corrected chi connectivity index (χ1v) is 6.46. The van der Waals surface area contributed by atoms with Crippen molar-refractivity contribution < 1.29 is 9.84 Å². The van der Waals surface area contributed by atoms with Gasteiger partial charge in [0.15, 0.2) is 0 Å². The largest absolute Gasteiger partial charge is 0.388 e. The third kappa shape index (κ3) is 3.74. The molecule has 5 heteroatoms. The van der Waals surface area contributed by atoms with Gasteiger partial charge in [0.2, 0.25) is 0 Å². The second-order valence-electron chi connectivity index (χ2n) is 5.13. The Morgan fingerprint density at radius 3 is 2.95 bits per heavy atom. The summed E-state index contributed by atoms with van der Waals surface area (Å²) in [6.07, 6.45) is 2.94. The molecule has 1 aliphatic heterocycles. The van der Waals surface area contributed by atoms with Gasteiger partial charge in [-0.1, -0.05) is 6.07 Å². The molecule has 0 amide bonds. The van der Waals surface area contributed by atoms with Crippen LogP contribution in [0.5, 0.6) is 0 Å². The van der Waals surface area contributed by atoms with E-state index >= 15 is 0 Å². The van der Waals surface area contributed by atoms with E-state index in [4.69, 9.17) is 10.00 Å². The van der Waals surface area contributed by atoms with E-state index in [1.54, 1.807) is 6.20 Å². The lowest BCUT2D eigenvalue weighted by atomic mass is 9.94. The zero-order chi connectivity index (χ0) is 13.7. The SMILES string of the molecule is CN(Cc1cccnc1C#N)CC1(O)CCOCC1. The molecule has 0 saturated carbocycles. The van der Waals surface area contributed by atoms with Crippen LogP contribution in [0.3, 0.4) is 0 Å². The minimum atomic E-state index is -0.679. The van der Waals surface area contributed by atoms with Gasteiger partial charge >= 0.3 is 0 Å². The Balaban J connectivity index is 1.97. The summed E-state index contributed by atoms with van der Waals surface area (Å²) >= 11 is 0. The standard InChI is InChI=1S/C14H19N3O2/c1-17(11-14(18)4-7-19-8-5-14)10-12-3-2-6-16-13(12)9-15/h2-3,6,18H,4-5,7-8,10-11H2,1H3. The molecule has 1 aromatic heterocycles. The Hall–Kier alpha value is -1.48. The summed E-state index contributed by atoms with van der Waals surface area (Å²) in [4.78, 5) is 6.08. The summed E-state index contributed by atoms with van der Waals surface area (Å²) in [5.41, 5.74) is 0.665. The van der Waals surface area contributed by atoms with E-state index in [1.165, 1.54) is 0 Å². The second kappa shape index (κ2) is 6.11. The first-order chi connectivity index (χ1) is 9.13. The van der Waals surface area contributed by atoms with E-state index in [2.05, 4.69) is 11.1 Å². The van der Waals surface area contributed by atoms with Crippen molar-refractivity contribution in [3.05, 3.63) is 29.6 Å². The Bertz CT molecular complexity index is 464. The summed E-state index contributed by atoms with van der Waals surface area (Å²) in [7, 11) is 1.95. The number of hydrogen-bond acceptors (Lipinski definition) is 5. The molecular formula is C14H19N3O2. The van der Waals surface area contributed by atoms with Gasteiger partial charge in [-0.25, -0.2) is 4.98 Å². The summed E-state index contributed by atoms with van der Waals surface area (Å²) in [5.74, 6) is 0. The first-order valence-electron chi connectivity index (χ1n) is 6.46. The summed E-state index contributed by atoms with van der Waals surface area (Å²) in [6, 6.07) is 5.82. The van der Waals surface area contributed by atoms with Gasteiger partial charge < -0.3 is 9.84 Å². The topological polar surface area (TPSA) is 69.4 Å². The van der Waals surface area contributed by atoms with Crippen LogP contribution in [0.25, 0.3) is 0 Å². The zero-order valence-electron chi connectivity index (χ0n) is 11.2. The summed E-state index contributed by atoms with van der Waals surface area (Å²) < 4.78 is 5.27. The molecule has 1 N–H and O–H groups in total. The molecule has 0 bridgehead atoms. The van der Waals surface area contributed by atoms with Crippen LogP contribution in [0.15, 0.2) is 18.3 Å². The molecule has 1 aromatic rings. The fourth-order valence-electron chi connectivity index (χ4n) is 2.43. The lowest BCUT2D eigenvalue weighted by Crippen LogP contribution is -2.45. The second-order valence-corrected chi connectivity index (χ2v) is 5.13. The normalized spacial score (nSPS) is 18.2. The van der Waals surface area contributed by atoms with Gasteiger partial charge in [0.1, 0.15) is 11.8 Å².